The normalized spacial score (nSPS) is 19.5. The van der Waals surface area contributed by atoms with Gasteiger partial charge >= 0.3 is 0 Å². The second-order valence-electron chi connectivity index (χ2n) is 5.13. The maximum Gasteiger partial charge on any atom is 0.113 e. The van der Waals surface area contributed by atoms with Crippen molar-refractivity contribution in [2.45, 2.75) is 38.8 Å². The Hall–Kier alpha value is -1.68. The average molecular weight is 257 g/mol. The number of aryl methyl sites for hydroxylation is 1. The minimum Gasteiger partial charge on any atom is -0.376 e. The van der Waals surface area contributed by atoms with Gasteiger partial charge < -0.3 is 4.74 Å². The third-order valence-electron chi connectivity index (χ3n) is 3.62. The predicted molar refractivity (Wildman–Crippen MR) is 73.8 cm³/mol. The zero-order valence-corrected chi connectivity index (χ0v) is 11.2. The van der Waals surface area contributed by atoms with Gasteiger partial charge in [0.05, 0.1) is 18.8 Å². The number of hydrogen-bond donors (Lipinski definition) is 0. The van der Waals surface area contributed by atoms with Gasteiger partial charge in [0.15, 0.2) is 0 Å². The molecule has 0 aliphatic carbocycles. The Balaban J connectivity index is 1.74. The molecule has 1 aromatic carbocycles. The van der Waals surface area contributed by atoms with Crippen LogP contribution >= 0.6 is 0 Å². The molecule has 1 aromatic heterocycles. The van der Waals surface area contributed by atoms with Crippen molar-refractivity contribution in [3.05, 3.63) is 36.0 Å². The first-order valence-corrected chi connectivity index (χ1v) is 6.90. The van der Waals surface area contributed by atoms with E-state index in [1.807, 2.05) is 23.0 Å². The molecular formula is C15H19N3O. The summed E-state index contributed by atoms with van der Waals surface area (Å²) >= 11 is 0. The summed E-state index contributed by atoms with van der Waals surface area (Å²) in [5.41, 5.74) is 3.32. The van der Waals surface area contributed by atoms with Crippen LogP contribution in [-0.2, 0) is 11.3 Å². The van der Waals surface area contributed by atoms with Gasteiger partial charge in [-0.25, -0.2) is 4.68 Å². The number of aromatic nitrogens is 3. The Morgan fingerprint density at radius 1 is 1.32 bits per heavy atom. The van der Waals surface area contributed by atoms with Crippen LogP contribution in [0.3, 0.4) is 0 Å². The summed E-state index contributed by atoms with van der Waals surface area (Å²) < 4.78 is 7.63. The lowest BCUT2D eigenvalue weighted by Gasteiger charge is -2.21. The largest absolute Gasteiger partial charge is 0.376 e. The van der Waals surface area contributed by atoms with Gasteiger partial charge in [0, 0.05) is 12.2 Å². The smallest absolute Gasteiger partial charge is 0.113 e. The quantitative estimate of drug-likeness (QED) is 0.849. The standard InChI is InChI=1S/C15H19N3O/c1-12-6-2-3-8-14(12)15-11-18(17-16-15)10-13-7-4-5-9-19-13/h2-3,6,8,11,13H,4-5,7,9-10H2,1H3. The van der Waals surface area contributed by atoms with E-state index in [2.05, 4.69) is 29.4 Å². The van der Waals surface area contributed by atoms with Crippen molar-refractivity contribution >= 4 is 0 Å². The van der Waals surface area contributed by atoms with Crippen molar-refractivity contribution in [2.75, 3.05) is 6.61 Å². The lowest BCUT2D eigenvalue weighted by Crippen LogP contribution is -2.24. The van der Waals surface area contributed by atoms with Crippen molar-refractivity contribution in [3.8, 4) is 11.3 Å². The predicted octanol–water partition coefficient (Wildman–Crippen LogP) is 2.82. The second kappa shape index (κ2) is 5.53. The van der Waals surface area contributed by atoms with E-state index in [0.717, 1.165) is 30.8 Å². The van der Waals surface area contributed by atoms with E-state index in [1.165, 1.54) is 18.4 Å². The molecular weight excluding hydrogens is 238 g/mol. The van der Waals surface area contributed by atoms with E-state index in [4.69, 9.17) is 4.74 Å². The summed E-state index contributed by atoms with van der Waals surface area (Å²) in [5, 5.41) is 8.48. The van der Waals surface area contributed by atoms with E-state index in [1.54, 1.807) is 0 Å². The Labute approximate surface area is 113 Å². The van der Waals surface area contributed by atoms with E-state index in [-0.39, 0.29) is 0 Å². The van der Waals surface area contributed by atoms with Gasteiger partial charge in [-0.15, -0.1) is 5.10 Å². The monoisotopic (exact) mass is 257 g/mol. The molecule has 0 radical (unpaired) electrons. The number of benzene rings is 1. The fourth-order valence-electron chi connectivity index (χ4n) is 2.53. The average Bonchev–Trinajstić information content (AvgIpc) is 2.89. The van der Waals surface area contributed by atoms with E-state index in [0.29, 0.717) is 6.10 Å². The molecule has 1 aliphatic rings. The zero-order chi connectivity index (χ0) is 13.1. The van der Waals surface area contributed by atoms with Crippen LogP contribution in [0.25, 0.3) is 11.3 Å². The second-order valence-corrected chi connectivity index (χ2v) is 5.13. The number of hydrogen-bond acceptors (Lipinski definition) is 3. The molecule has 1 aliphatic heterocycles. The Kier molecular flexibility index (Phi) is 3.60. The molecule has 100 valence electrons. The Morgan fingerprint density at radius 3 is 3.00 bits per heavy atom. The maximum atomic E-state index is 5.73. The Morgan fingerprint density at radius 2 is 2.21 bits per heavy atom. The molecule has 0 N–H and O–H groups in total. The van der Waals surface area contributed by atoms with E-state index < -0.39 is 0 Å². The lowest BCUT2D eigenvalue weighted by atomic mass is 10.1. The summed E-state index contributed by atoms with van der Waals surface area (Å²) in [6.07, 6.45) is 5.87. The SMILES string of the molecule is Cc1ccccc1-c1cn(CC2CCCCO2)nn1. The molecule has 2 heterocycles. The van der Waals surface area contributed by atoms with Gasteiger partial charge in [0.25, 0.3) is 0 Å². The van der Waals surface area contributed by atoms with Gasteiger partial charge in [-0.2, -0.15) is 0 Å². The van der Waals surface area contributed by atoms with Crippen LogP contribution in [-0.4, -0.2) is 27.7 Å². The molecule has 4 heteroatoms. The minimum absolute atomic E-state index is 0.292. The highest BCUT2D eigenvalue weighted by Gasteiger charge is 2.15. The maximum absolute atomic E-state index is 5.73. The van der Waals surface area contributed by atoms with Crippen molar-refractivity contribution in [1.29, 1.82) is 0 Å². The van der Waals surface area contributed by atoms with Crippen molar-refractivity contribution in [3.63, 3.8) is 0 Å². The molecule has 1 atom stereocenters. The van der Waals surface area contributed by atoms with Crippen LogP contribution in [0.1, 0.15) is 24.8 Å². The van der Waals surface area contributed by atoms with Crippen molar-refractivity contribution < 1.29 is 4.74 Å². The summed E-state index contributed by atoms with van der Waals surface area (Å²) in [6.45, 7) is 3.78. The van der Waals surface area contributed by atoms with Gasteiger partial charge in [0.1, 0.15) is 5.69 Å². The topological polar surface area (TPSA) is 39.9 Å². The fraction of sp³-hybridized carbons (Fsp3) is 0.467. The highest BCUT2D eigenvalue weighted by Crippen LogP contribution is 2.21. The highest BCUT2D eigenvalue weighted by molar-refractivity contribution is 5.61. The molecule has 0 amide bonds. The molecule has 0 bridgehead atoms. The third-order valence-corrected chi connectivity index (χ3v) is 3.62. The van der Waals surface area contributed by atoms with Gasteiger partial charge in [-0.1, -0.05) is 29.5 Å². The van der Waals surface area contributed by atoms with Crippen LogP contribution in [0.2, 0.25) is 0 Å². The zero-order valence-electron chi connectivity index (χ0n) is 11.2. The van der Waals surface area contributed by atoms with Crippen LogP contribution in [0.15, 0.2) is 30.5 Å². The Bertz CT molecular complexity index is 544. The van der Waals surface area contributed by atoms with Crippen molar-refractivity contribution in [2.24, 2.45) is 0 Å². The minimum atomic E-state index is 0.292. The molecule has 2 aromatic rings. The summed E-state index contributed by atoms with van der Waals surface area (Å²) in [5.74, 6) is 0. The fourth-order valence-corrected chi connectivity index (χ4v) is 2.53. The number of nitrogens with zero attached hydrogens (tertiary/aromatic N) is 3. The number of ether oxygens (including phenoxy) is 1. The van der Waals surface area contributed by atoms with Crippen molar-refractivity contribution in [1.82, 2.24) is 15.0 Å². The first-order chi connectivity index (χ1) is 9.33. The highest BCUT2D eigenvalue weighted by atomic mass is 16.5. The molecule has 1 unspecified atom stereocenters. The molecule has 19 heavy (non-hydrogen) atoms. The van der Waals surface area contributed by atoms with Gasteiger partial charge in [-0.3, -0.25) is 0 Å². The lowest BCUT2D eigenvalue weighted by molar-refractivity contribution is 0.00370. The molecule has 0 spiro atoms. The van der Waals surface area contributed by atoms with E-state index >= 15 is 0 Å². The van der Waals surface area contributed by atoms with Crippen LogP contribution in [0.4, 0.5) is 0 Å². The summed E-state index contributed by atoms with van der Waals surface area (Å²) in [6, 6.07) is 8.25. The third kappa shape index (κ3) is 2.84. The molecule has 1 saturated heterocycles. The van der Waals surface area contributed by atoms with E-state index in [9.17, 15) is 0 Å². The first kappa shape index (κ1) is 12.4. The van der Waals surface area contributed by atoms with Crippen LogP contribution in [0, 0.1) is 6.92 Å². The van der Waals surface area contributed by atoms with Crippen LogP contribution in [0.5, 0.6) is 0 Å². The molecule has 4 nitrogen and oxygen atoms in total. The summed E-state index contributed by atoms with van der Waals surface area (Å²) in [4.78, 5) is 0. The van der Waals surface area contributed by atoms with Crippen LogP contribution < -0.4 is 0 Å². The first-order valence-electron chi connectivity index (χ1n) is 6.90. The van der Waals surface area contributed by atoms with Gasteiger partial charge in [-0.05, 0) is 31.7 Å². The molecule has 1 fully saturated rings. The molecule has 3 rings (SSSR count). The molecule has 0 saturated carbocycles. The summed E-state index contributed by atoms with van der Waals surface area (Å²) in [7, 11) is 0. The number of rotatable bonds is 3. The van der Waals surface area contributed by atoms with Gasteiger partial charge in [0.2, 0.25) is 0 Å².